The number of methoxy groups -OCH3 is 1. The van der Waals surface area contributed by atoms with Crippen LogP contribution in [0.15, 0.2) is 47.5 Å². The van der Waals surface area contributed by atoms with Gasteiger partial charge in [0.15, 0.2) is 0 Å². The lowest BCUT2D eigenvalue weighted by Gasteiger charge is -2.07. The van der Waals surface area contributed by atoms with Gasteiger partial charge in [-0.1, -0.05) is 6.07 Å². The second kappa shape index (κ2) is 7.23. The van der Waals surface area contributed by atoms with Gasteiger partial charge in [0.1, 0.15) is 0 Å². The van der Waals surface area contributed by atoms with Gasteiger partial charge in [0.2, 0.25) is 11.4 Å². The first kappa shape index (κ1) is 14.8. The van der Waals surface area contributed by atoms with Crippen molar-refractivity contribution in [3.8, 4) is 5.88 Å². The Bertz CT molecular complexity index is 667. The number of nitrogens with zero attached hydrogens (tertiary/aromatic N) is 2. The van der Waals surface area contributed by atoms with Gasteiger partial charge in [-0.15, -0.1) is 0 Å². The summed E-state index contributed by atoms with van der Waals surface area (Å²) in [5.74, 6) is 0.217. The maximum atomic E-state index is 11.9. The summed E-state index contributed by atoms with van der Waals surface area (Å²) in [7, 11) is 1.50. The summed E-state index contributed by atoms with van der Waals surface area (Å²) in [6.45, 7) is 1.06. The quantitative estimate of drug-likeness (QED) is 0.807. The van der Waals surface area contributed by atoms with E-state index in [1.165, 1.54) is 19.4 Å². The van der Waals surface area contributed by atoms with Crippen molar-refractivity contribution in [2.45, 2.75) is 13.0 Å². The molecule has 0 saturated heterocycles. The number of rotatable bonds is 6. The van der Waals surface area contributed by atoms with E-state index >= 15 is 0 Å². The average molecular weight is 287 g/mol. The Morgan fingerprint density at radius 1 is 1.38 bits per heavy atom. The van der Waals surface area contributed by atoms with Crippen molar-refractivity contribution in [2.75, 3.05) is 13.7 Å². The van der Waals surface area contributed by atoms with Crippen LogP contribution in [-0.2, 0) is 6.54 Å². The highest BCUT2D eigenvalue weighted by atomic mass is 16.5. The number of ether oxygens (including phenoxy) is 1. The van der Waals surface area contributed by atoms with E-state index in [-0.39, 0.29) is 11.5 Å². The van der Waals surface area contributed by atoms with Crippen LogP contribution in [0.4, 0.5) is 0 Å². The third kappa shape index (κ3) is 4.17. The molecule has 0 saturated carbocycles. The monoisotopic (exact) mass is 287 g/mol. The Balaban J connectivity index is 1.82. The molecule has 0 spiro atoms. The van der Waals surface area contributed by atoms with Crippen LogP contribution < -0.4 is 15.6 Å². The zero-order valence-corrected chi connectivity index (χ0v) is 11.8. The van der Waals surface area contributed by atoms with Crippen molar-refractivity contribution in [3.05, 3.63) is 58.6 Å². The lowest BCUT2D eigenvalue weighted by molar-refractivity contribution is 0.0952. The molecule has 0 aromatic carbocycles. The third-order valence-corrected chi connectivity index (χ3v) is 2.97. The SMILES string of the molecule is COc1cc(C(=O)NCCCn2ccccc2=O)ccn1. The van der Waals surface area contributed by atoms with Crippen LogP contribution in [0, 0.1) is 0 Å². The number of amides is 1. The molecular weight excluding hydrogens is 270 g/mol. The first-order valence-electron chi connectivity index (χ1n) is 6.64. The topological polar surface area (TPSA) is 73.2 Å². The van der Waals surface area contributed by atoms with Crippen LogP contribution in [0.25, 0.3) is 0 Å². The molecule has 0 unspecified atom stereocenters. The summed E-state index contributed by atoms with van der Waals surface area (Å²) >= 11 is 0. The second-order valence-electron chi connectivity index (χ2n) is 4.43. The van der Waals surface area contributed by atoms with Crippen LogP contribution in [0.3, 0.4) is 0 Å². The Morgan fingerprint density at radius 3 is 3.00 bits per heavy atom. The van der Waals surface area contributed by atoms with E-state index in [0.29, 0.717) is 31.0 Å². The van der Waals surface area contributed by atoms with Crippen molar-refractivity contribution in [1.82, 2.24) is 14.9 Å². The predicted octanol–water partition coefficient (Wildman–Crippen LogP) is 1.07. The van der Waals surface area contributed by atoms with Crippen LogP contribution in [0.2, 0.25) is 0 Å². The molecule has 0 radical (unpaired) electrons. The molecule has 2 rings (SSSR count). The molecule has 0 bridgehead atoms. The highest BCUT2D eigenvalue weighted by Crippen LogP contribution is 2.08. The molecule has 0 atom stereocenters. The lowest BCUT2D eigenvalue weighted by Crippen LogP contribution is -2.26. The summed E-state index contributed by atoms with van der Waals surface area (Å²) < 4.78 is 6.59. The van der Waals surface area contributed by atoms with Crippen molar-refractivity contribution in [2.24, 2.45) is 0 Å². The van der Waals surface area contributed by atoms with E-state index in [4.69, 9.17) is 4.74 Å². The molecule has 2 aromatic heterocycles. The second-order valence-corrected chi connectivity index (χ2v) is 4.43. The smallest absolute Gasteiger partial charge is 0.251 e. The predicted molar refractivity (Wildman–Crippen MR) is 78.4 cm³/mol. The van der Waals surface area contributed by atoms with Crippen LogP contribution >= 0.6 is 0 Å². The standard InChI is InChI=1S/C15H17N3O3/c1-21-13-11-12(6-8-16-13)15(20)17-7-4-10-18-9-3-2-5-14(18)19/h2-3,5-6,8-9,11H,4,7,10H2,1H3,(H,17,20). The summed E-state index contributed by atoms with van der Waals surface area (Å²) in [4.78, 5) is 27.4. The molecule has 21 heavy (non-hydrogen) atoms. The van der Waals surface area contributed by atoms with Gasteiger partial charge in [0, 0.05) is 43.2 Å². The van der Waals surface area contributed by atoms with Crippen molar-refractivity contribution < 1.29 is 9.53 Å². The van der Waals surface area contributed by atoms with Gasteiger partial charge in [-0.2, -0.15) is 0 Å². The van der Waals surface area contributed by atoms with Gasteiger partial charge in [0.25, 0.3) is 5.91 Å². The summed E-state index contributed by atoms with van der Waals surface area (Å²) in [5, 5.41) is 2.80. The largest absolute Gasteiger partial charge is 0.481 e. The van der Waals surface area contributed by atoms with E-state index in [2.05, 4.69) is 10.3 Å². The molecule has 1 N–H and O–H groups in total. The van der Waals surface area contributed by atoms with Gasteiger partial charge >= 0.3 is 0 Å². The molecule has 0 aliphatic rings. The van der Waals surface area contributed by atoms with Crippen LogP contribution in [0.5, 0.6) is 5.88 Å². The molecular formula is C15H17N3O3. The highest BCUT2D eigenvalue weighted by Gasteiger charge is 2.06. The number of pyridine rings is 2. The van der Waals surface area contributed by atoms with E-state index in [0.717, 1.165) is 0 Å². The molecule has 0 aliphatic heterocycles. The van der Waals surface area contributed by atoms with Gasteiger partial charge < -0.3 is 14.6 Å². The van der Waals surface area contributed by atoms with Crippen LogP contribution in [0.1, 0.15) is 16.8 Å². The molecule has 110 valence electrons. The normalized spacial score (nSPS) is 10.1. The number of hydrogen-bond acceptors (Lipinski definition) is 4. The lowest BCUT2D eigenvalue weighted by atomic mass is 10.2. The van der Waals surface area contributed by atoms with Crippen molar-refractivity contribution >= 4 is 5.91 Å². The number of aryl methyl sites for hydroxylation is 1. The summed E-state index contributed by atoms with van der Waals surface area (Å²) in [5.41, 5.74) is 0.460. The fourth-order valence-corrected chi connectivity index (χ4v) is 1.86. The molecule has 2 aromatic rings. The highest BCUT2D eigenvalue weighted by molar-refractivity contribution is 5.94. The van der Waals surface area contributed by atoms with Gasteiger partial charge in [-0.25, -0.2) is 4.98 Å². The number of carbonyl (C=O) groups excluding carboxylic acids is 1. The maximum Gasteiger partial charge on any atom is 0.251 e. The Hall–Kier alpha value is -2.63. The molecule has 0 aliphatic carbocycles. The van der Waals surface area contributed by atoms with E-state index in [1.54, 1.807) is 29.0 Å². The average Bonchev–Trinajstić information content (AvgIpc) is 2.53. The summed E-state index contributed by atoms with van der Waals surface area (Å²) in [6, 6.07) is 8.24. The van der Waals surface area contributed by atoms with E-state index in [9.17, 15) is 9.59 Å². The number of carbonyl (C=O) groups is 1. The Labute approximate surface area is 122 Å². The minimum Gasteiger partial charge on any atom is -0.481 e. The first-order valence-corrected chi connectivity index (χ1v) is 6.64. The fraction of sp³-hybridized carbons (Fsp3) is 0.267. The van der Waals surface area contributed by atoms with Gasteiger partial charge in [-0.05, 0) is 18.6 Å². The van der Waals surface area contributed by atoms with E-state index < -0.39 is 0 Å². The van der Waals surface area contributed by atoms with Crippen molar-refractivity contribution in [1.29, 1.82) is 0 Å². The number of nitrogens with one attached hydrogen (secondary N) is 1. The minimum absolute atomic E-state index is 0.0392. The van der Waals surface area contributed by atoms with Crippen LogP contribution in [-0.4, -0.2) is 29.1 Å². The zero-order chi connectivity index (χ0) is 15.1. The molecule has 6 heteroatoms. The number of aromatic nitrogens is 2. The molecule has 2 heterocycles. The molecule has 6 nitrogen and oxygen atoms in total. The third-order valence-electron chi connectivity index (χ3n) is 2.97. The fourth-order valence-electron chi connectivity index (χ4n) is 1.86. The van der Waals surface area contributed by atoms with Gasteiger partial charge in [0.05, 0.1) is 7.11 Å². The summed E-state index contributed by atoms with van der Waals surface area (Å²) in [6.07, 6.45) is 3.94. The number of hydrogen-bond donors (Lipinski definition) is 1. The Kier molecular flexibility index (Phi) is 5.09. The van der Waals surface area contributed by atoms with E-state index in [1.807, 2.05) is 6.07 Å². The molecule has 0 fully saturated rings. The van der Waals surface area contributed by atoms with Crippen molar-refractivity contribution in [3.63, 3.8) is 0 Å². The first-order chi connectivity index (χ1) is 10.2. The zero-order valence-electron chi connectivity index (χ0n) is 11.8. The Morgan fingerprint density at radius 2 is 2.24 bits per heavy atom. The van der Waals surface area contributed by atoms with Gasteiger partial charge in [-0.3, -0.25) is 9.59 Å². The maximum absolute atomic E-state index is 11.9. The molecule has 1 amide bonds. The minimum atomic E-state index is -0.184.